The maximum atomic E-state index is 14.7. The molecule has 14 heteroatoms. The molecule has 4 aromatic heterocycles. The van der Waals surface area contributed by atoms with Gasteiger partial charge in [-0.25, -0.2) is 13.3 Å². The molecule has 2 atom stereocenters. The number of hydrogen-bond donors (Lipinski definition) is 2. The number of carbonyl (C=O) groups is 1. The van der Waals surface area contributed by atoms with Gasteiger partial charge in [-0.1, -0.05) is 11.3 Å². The standard InChI is InChI=1S/C25H22F2N10OS/c1-14(9-28)33-19-8-20(21-3-2-17-6-15(10-29)11-32-37(17)21)31-12-18(19)23-34-35-24(39-23)36-5-4-16(7-22(30)38)25(26,27)13-36/h2-3,6,8,11-12,14,16H,4-5,7,13H2,1H3,(H2,30,38)(H,31,33)/t14-,16+/m1/s1. The molecular weight excluding hydrogens is 526 g/mol. The van der Waals surface area contributed by atoms with E-state index in [0.717, 1.165) is 16.9 Å². The molecule has 4 aromatic rings. The Bertz CT molecular complexity index is 1640. The van der Waals surface area contributed by atoms with Gasteiger partial charge in [0.25, 0.3) is 5.92 Å². The number of fused-ring (bicyclic) bond motifs is 1. The topological polar surface area (TPSA) is 162 Å². The van der Waals surface area contributed by atoms with Crippen LogP contribution in [0.4, 0.5) is 19.6 Å². The minimum absolute atomic E-state index is 0.1000. The lowest BCUT2D eigenvalue weighted by atomic mass is 9.90. The van der Waals surface area contributed by atoms with E-state index in [1.807, 2.05) is 12.1 Å². The Kier molecular flexibility index (Phi) is 6.80. The third-order valence-corrected chi connectivity index (χ3v) is 7.49. The van der Waals surface area contributed by atoms with Crippen LogP contribution in [-0.2, 0) is 4.79 Å². The van der Waals surface area contributed by atoms with Gasteiger partial charge in [0, 0.05) is 30.8 Å². The van der Waals surface area contributed by atoms with Crippen LogP contribution in [-0.4, -0.2) is 55.8 Å². The highest BCUT2D eigenvalue weighted by Crippen LogP contribution is 2.40. The number of rotatable bonds is 7. The number of nitrogens with two attached hydrogens (primary N) is 1. The molecule has 0 unspecified atom stereocenters. The average Bonchev–Trinajstić information content (AvgIpc) is 3.56. The zero-order valence-corrected chi connectivity index (χ0v) is 21.5. The number of halogens is 2. The molecule has 0 aromatic carbocycles. The van der Waals surface area contributed by atoms with Crippen molar-refractivity contribution in [3.05, 3.63) is 42.2 Å². The Morgan fingerprint density at radius 1 is 1.31 bits per heavy atom. The van der Waals surface area contributed by atoms with E-state index in [4.69, 9.17) is 11.0 Å². The highest BCUT2D eigenvalue weighted by molar-refractivity contribution is 7.18. The molecule has 1 aliphatic rings. The maximum absolute atomic E-state index is 14.7. The second-order valence-electron chi connectivity index (χ2n) is 9.25. The molecule has 0 bridgehead atoms. The fourth-order valence-electron chi connectivity index (χ4n) is 4.50. The first kappa shape index (κ1) is 25.9. The Labute approximate surface area is 225 Å². The lowest BCUT2D eigenvalue weighted by Gasteiger charge is -2.37. The number of nitrogens with one attached hydrogen (secondary N) is 1. The minimum Gasteiger partial charge on any atom is -0.370 e. The molecular formula is C25H22F2N10OS. The smallest absolute Gasteiger partial charge is 0.268 e. The summed E-state index contributed by atoms with van der Waals surface area (Å²) < 4.78 is 31.1. The van der Waals surface area contributed by atoms with E-state index in [2.05, 4.69) is 37.7 Å². The predicted molar refractivity (Wildman–Crippen MR) is 140 cm³/mol. The summed E-state index contributed by atoms with van der Waals surface area (Å²) >= 11 is 1.13. The molecule has 0 aliphatic carbocycles. The highest BCUT2D eigenvalue weighted by atomic mass is 32.1. The number of nitrogens with zero attached hydrogens (tertiary/aromatic N) is 8. The molecule has 39 heavy (non-hydrogen) atoms. The van der Waals surface area contributed by atoms with Crippen LogP contribution in [0.15, 0.2) is 36.7 Å². The van der Waals surface area contributed by atoms with Gasteiger partial charge in [0.2, 0.25) is 11.0 Å². The van der Waals surface area contributed by atoms with Crippen LogP contribution in [0.1, 0.15) is 25.3 Å². The quantitative estimate of drug-likeness (QED) is 0.352. The second kappa shape index (κ2) is 10.2. The van der Waals surface area contributed by atoms with Gasteiger partial charge in [-0.05, 0) is 37.6 Å². The number of nitriles is 2. The second-order valence-corrected chi connectivity index (χ2v) is 10.2. The van der Waals surface area contributed by atoms with E-state index in [9.17, 15) is 18.8 Å². The summed E-state index contributed by atoms with van der Waals surface area (Å²) in [5.74, 6) is -4.95. The number of hydrogen-bond acceptors (Lipinski definition) is 10. The number of carbonyl (C=O) groups excluding carboxylic acids is 1. The number of piperidine rings is 1. The van der Waals surface area contributed by atoms with Crippen LogP contribution >= 0.6 is 11.3 Å². The molecule has 1 aliphatic heterocycles. The monoisotopic (exact) mass is 548 g/mol. The lowest BCUT2D eigenvalue weighted by molar-refractivity contribution is -0.125. The van der Waals surface area contributed by atoms with E-state index in [-0.39, 0.29) is 19.4 Å². The van der Waals surface area contributed by atoms with E-state index < -0.39 is 30.3 Å². The van der Waals surface area contributed by atoms with Crippen molar-refractivity contribution in [2.45, 2.75) is 31.7 Å². The van der Waals surface area contributed by atoms with Crippen LogP contribution in [0.5, 0.6) is 0 Å². The molecule has 5 heterocycles. The van der Waals surface area contributed by atoms with Crippen molar-refractivity contribution in [1.82, 2.24) is 24.8 Å². The summed E-state index contributed by atoms with van der Waals surface area (Å²) in [4.78, 5) is 17.2. The highest BCUT2D eigenvalue weighted by Gasteiger charge is 2.45. The van der Waals surface area contributed by atoms with E-state index >= 15 is 0 Å². The van der Waals surface area contributed by atoms with E-state index in [0.29, 0.717) is 38.3 Å². The summed E-state index contributed by atoms with van der Waals surface area (Å²) in [5, 5.41) is 35.2. The summed E-state index contributed by atoms with van der Waals surface area (Å²) in [6.07, 6.45) is 2.79. The normalized spacial score (nSPS) is 17.4. The van der Waals surface area contributed by atoms with Gasteiger partial charge in [0.1, 0.15) is 12.1 Å². The minimum atomic E-state index is -3.10. The first-order valence-electron chi connectivity index (χ1n) is 12.0. The van der Waals surface area contributed by atoms with Crippen LogP contribution in [0.25, 0.3) is 27.5 Å². The predicted octanol–water partition coefficient (Wildman–Crippen LogP) is 3.45. The van der Waals surface area contributed by atoms with Crippen LogP contribution in [0.2, 0.25) is 0 Å². The molecule has 3 N–H and O–H groups in total. The molecule has 11 nitrogen and oxygen atoms in total. The van der Waals surface area contributed by atoms with Crippen molar-refractivity contribution >= 4 is 33.6 Å². The SMILES string of the molecule is C[C@H](C#N)Nc1cc(-c2ccc3cc(C#N)cnn23)ncc1-c1nnc(N2CC[C@@H](CC(N)=O)C(F)(F)C2)s1. The number of pyridine rings is 1. The number of primary amides is 1. The third-order valence-electron chi connectivity index (χ3n) is 6.47. The summed E-state index contributed by atoms with van der Waals surface area (Å²) in [7, 11) is 0. The van der Waals surface area contributed by atoms with Gasteiger partial charge in [0.15, 0.2) is 5.01 Å². The van der Waals surface area contributed by atoms with E-state index in [1.165, 1.54) is 11.1 Å². The van der Waals surface area contributed by atoms with Crippen molar-refractivity contribution in [3.63, 3.8) is 0 Å². The van der Waals surface area contributed by atoms with Crippen molar-refractivity contribution in [3.8, 4) is 34.1 Å². The first-order chi connectivity index (χ1) is 18.7. The zero-order valence-electron chi connectivity index (χ0n) is 20.7. The molecule has 1 saturated heterocycles. The van der Waals surface area contributed by atoms with Crippen LogP contribution in [0.3, 0.4) is 0 Å². The third kappa shape index (κ3) is 5.19. The van der Waals surface area contributed by atoms with E-state index in [1.54, 1.807) is 29.8 Å². The molecule has 0 saturated carbocycles. The molecule has 0 radical (unpaired) electrons. The fourth-order valence-corrected chi connectivity index (χ4v) is 5.39. The van der Waals surface area contributed by atoms with Crippen LogP contribution < -0.4 is 16.0 Å². The van der Waals surface area contributed by atoms with Crippen molar-refractivity contribution in [2.75, 3.05) is 23.3 Å². The fraction of sp³-hybridized carbons (Fsp3) is 0.320. The van der Waals surface area contributed by atoms with Gasteiger partial charge >= 0.3 is 0 Å². The Morgan fingerprint density at radius 2 is 2.13 bits per heavy atom. The average molecular weight is 549 g/mol. The molecule has 1 fully saturated rings. The number of anilines is 2. The largest absolute Gasteiger partial charge is 0.370 e. The lowest BCUT2D eigenvalue weighted by Crippen LogP contribution is -2.49. The molecule has 198 valence electrons. The van der Waals surface area contributed by atoms with Crippen LogP contribution in [0, 0.1) is 28.6 Å². The summed E-state index contributed by atoms with van der Waals surface area (Å²) in [6.45, 7) is 1.40. The van der Waals surface area contributed by atoms with Crippen molar-refractivity contribution in [1.29, 1.82) is 10.5 Å². The maximum Gasteiger partial charge on any atom is 0.268 e. The summed E-state index contributed by atoms with van der Waals surface area (Å²) in [6, 6.07) is 10.8. The zero-order chi connectivity index (χ0) is 27.7. The van der Waals surface area contributed by atoms with Crippen molar-refractivity contribution < 1.29 is 13.6 Å². The number of alkyl halides is 2. The first-order valence-corrected chi connectivity index (χ1v) is 12.8. The molecule has 5 rings (SSSR count). The molecule has 1 amide bonds. The number of amides is 1. The van der Waals surface area contributed by atoms with Gasteiger partial charge in [-0.15, -0.1) is 10.2 Å². The number of aromatic nitrogens is 5. The van der Waals surface area contributed by atoms with Gasteiger partial charge < -0.3 is 16.0 Å². The molecule has 0 spiro atoms. The van der Waals surface area contributed by atoms with Gasteiger partial charge in [-0.2, -0.15) is 15.6 Å². The Hall–Kier alpha value is -4.69. The Morgan fingerprint density at radius 3 is 2.85 bits per heavy atom. The Balaban J connectivity index is 1.46. The van der Waals surface area contributed by atoms with Gasteiger partial charge in [0.05, 0.1) is 46.8 Å². The van der Waals surface area contributed by atoms with Crippen molar-refractivity contribution in [2.24, 2.45) is 11.7 Å². The summed E-state index contributed by atoms with van der Waals surface area (Å²) in [5.41, 5.74) is 8.65. The van der Waals surface area contributed by atoms with Gasteiger partial charge in [-0.3, -0.25) is 9.78 Å².